The molecule has 0 aliphatic carbocycles. The zero-order valence-corrected chi connectivity index (χ0v) is 13.4. The van der Waals surface area contributed by atoms with Crippen molar-refractivity contribution in [2.45, 2.75) is 46.9 Å². The molecule has 0 amide bonds. The Kier molecular flexibility index (Phi) is 5.40. The van der Waals surface area contributed by atoms with Crippen molar-refractivity contribution in [2.75, 3.05) is 0 Å². The van der Waals surface area contributed by atoms with E-state index >= 15 is 0 Å². The number of rotatable bonds is 6. The van der Waals surface area contributed by atoms with Gasteiger partial charge in [-0.25, -0.2) is 0 Å². The van der Waals surface area contributed by atoms with Crippen LogP contribution in [0, 0.1) is 13.8 Å². The van der Waals surface area contributed by atoms with Crippen LogP contribution in [0.5, 0.6) is 5.75 Å². The van der Waals surface area contributed by atoms with Crippen molar-refractivity contribution in [1.82, 2.24) is 5.32 Å². The molecular formula is C19H25NO. The third-order valence-electron chi connectivity index (χ3n) is 3.64. The van der Waals surface area contributed by atoms with Crippen LogP contribution in [0.4, 0.5) is 0 Å². The molecule has 0 saturated heterocycles. The predicted octanol–water partition coefficient (Wildman–Crippen LogP) is 4.38. The number of para-hydroxylation sites is 1. The van der Waals surface area contributed by atoms with Gasteiger partial charge in [-0.2, -0.15) is 0 Å². The highest BCUT2D eigenvalue weighted by Gasteiger charge is 2.04. The van der Waals surface area contributed by atoms with E-state index in [-0.39, 0.29) is 0 Å². The van der Waals surface area contributed by atoms with E-state index in [0.29, 0.717) is 12.6 Å². The van der Waals surface area contributed by atoms with Crippen molar-refractivity contribution in [3.63, 3.8) is 0 Å². The van der Waals surface area contributed by atoms with Crippen molar-refractivity contribution in [1.29, 1.82) is 0 Å². The maximum Gasteiger partial charge on any atom is 0.124 e. The van der Waals surface area contributed by atoms with Gasteiger partial charge in [0, 0.05) is 18.2 Å². The summed E-state index contributed by atoms with van der Waals surface area (Å²) in [6.07, 6.45) is 0. The minimum Gasteiger partial charge on any atom is -0.489 e. The lowest BCUT2D eigenvalue weighted by molar-refractivity contribution is 0.301. The van der Waals surface area contributed by atoms with E-state index in [4.69, 9.17) is 4.74 Å². The van der Waals surface area contributed by atoms with Gasteiger partial charge < -0.3 is 10.1 Å². The molecule has 0 radical (unpaired) electrons. The molecular weight excluding hydrogens is 258 g/mol. The third-order valence-corrected chi connectivity index (χ3v) is 3.64. The quantitative estimate of drug-likeness (QED) is 0.849. The second kappa shape index (κ2) is 7.28. The maximum atomic E-state index is 6.01. The summed E-state index contributed by atoms with van der Waals surface area (Å²) in [5.74, 6) is 0.962. The van der Waals surface area contributed by atoms with Gasteiger partial charge in [-0.05, 0) is 36.6 Å². The van der Waals surface area contributed by atoms with Gasteiger partial charge in [-0.1, -0.05) is 50.2 Å². The zero-order chi connectivity index (χ0) is 15.2. The molecule has 0 aliphatic rings. The number of benzene rings is 2. The van der Waals surface area contributed by atoms with Gasteiger partial charge in [0.05, 0.1) is 0 Å². The van der Waals surface area contributed by atoms with Crippen LogP contribution in [0.15, 0.2) is 42.5 Å². The molecule has 21 heavy (non-hydrogen) atoms. The lowest BCUT2D eigenvalue weighted by atomic mass is 10.1. The Morgan fingerprint density at radius 1 is 1.00 bits per heavy atom. The van der Waals surface area contributed by atoms with Crippen molar-refractivity contribution in [3.05, 3.63) is 64.7 Å². The van der Waals surface area contributed by atoms with Gasteiger partial charge in [-0.3, -0.25) is 0 Å². The van der Waals surface area contributed by atoms with Gasteiger partial charge in [0.1, 0.15) is 12.4 Å². The summed E-state index contributed by atoms with van der Waals surface area (Å²) in [5, 5.41) is 3.44. The Labute approximate surface area is 128 Å². The number of nitrogens with one attached hydrogen (secondary N) is 1. The highest BCUT2D eigenvalue weighted by molar-refractivity contribution is 5.34. The molecule has 0 fully saturated rings. The molecule has 0 heterocycles. The molecule has 2 aromatic rings. The van der Waals surface area contributed by atoms with E-state index in [1.54, 1.807) is 0 Å². The van der Waals surface area contributed by atoms with E-state index in [2.05, 4.69) is 63.3 Å². The van der Waals surface area contributed by atoms with Crippen molar-refractivity contribution in [2.24, 2.45) is 0 Å². The summed E-state index contributed by atoms with van der Waals surface area (Å²) in [6.45, 7) is 10.0. The Hall–Kier alpha value is -1.80. The van der Waals surface area contributed by atoms with E-state index < -0.39 is 0 Å². The molecule has 0 saturated carbocycles. The van der Waals surface area contributed by atoms with Gasteiger partial charge in [0.25, 0.3) is 0 Å². The predicted molar refractivity (Wildman–Crippen MR) is 88.7 cm³/mol. The third kappa shape index (κ3) is 4.61. The zero-order valence-electron chi connectivity index (χ0n) is 13.4. The first-order valence-electron chi connectivity index (χ1n) is 7.56. The number of hydrogen-bond donors (Lipinski definition) is 1. The van der Waals surface area contributed by atoms with Crippen LogP contribution in [0.1, 0.15) is 36.1 Å². The van der Waals surface area contributed by atoms with Crippen molar-refractivity contribution < 1.29 is 4.74 Å². The molecule has 0 aromatic heterocycles. The summed E-state index contributed by atoms with van der Waals surface area (Å²) in [6, 6.07) is 15.2. The van der Waals surface area contributed by atoms with Gasteiger partial charge in [0.2, 0.25) is 0 Å². The summed E-state index contributed by atoms with van der Waals surface area (Å²) in [7, 11) is 0. The molecule has 0 atom stereocenters. The standard InChI is InChI=1S/C19H25NO/c1-14(2)20-12-18-7-5-6-8-19(18)21-13-17-10-9-15(3)16(4)11-17/h5-11,14,20H,12-13H2,1-4H3. The lowest BCUT2D eigenvalue weighted by Gasteiger charge is -2.14. The first-order valence-corrected chi connectivity index (χ1v) is 7.56. The average molecular weight is 283 g/mol. The minimum atomic E-state index is 0.470. The Bertz CT molecular complexity index is 590. The second-order valence-corrected chi connectivity index (χ2v) is 5.85. The molecule has 0 spiro atoms. The molecule has 0 bridgehead atoms. The average Bonchev–Trinajstić information content (AvgIpc) is 2.47. The fraction of sp³-hybridized carbons (Fsp3) is 0.368. The molecule has 1 N–H and O–H groups in total. The van der Waals surface area contributed by atoms with E-state index in [1.165, 1.54) is 22.3 Å². The maximum absolute atomic E-state index is 6.01. The van der Waals surface area contributed by atoms with Crippen molar-refractivity contribution >= 4 is 0 Å². The van der Waals surface area contributed by atoms with Crippen LogP contribution < -0.4 is 10.1 Å². The largest absolute Gasteiger partial charge is 0.489 e. The smallest absolute Gasteiger partial charge is 0.124 e. The molecule has 2 heteroatoms. The molecule has 2 nitrogen and oxygen atoms in total. The lowest BCUT2D eigenvalue weighted by Crippen LogP contribution is -2.22. The summed E-state index contributed by atoms with van der Waals surface area (Å²) in [5.41, 5.74) is 5.05. The van der Waals surface area contributed by atoms with Gasteiger partial charge >= 0.3 is 0 Å². The normalized spacial score (nSPS) is 10.9. The Balaban J connectivity index is 2.03. The van der Waals surface area contributed by atoms with Crippen LogP contribution in [-0.4, -0.2) is 6.04 Å². The van der Waals surface area contributed by atoms with Gasteiger partial charge in [-0.15, -0.1) is 0 Å². The fourth-order valence-electron chi connectivity index (χ4n) is 2.16. The monoisotopic (exact) mass is 283 g/mol. The van der Waals surface area contributed by atoms with E-state index in [9.17, 15) is 0 Å². The Morgan fingerprint density at radius 3 is 2.48 bits per heavy atom. The van der Waals surface area contributed by atoms with Crippen LogP contribution >= 0.6 is 0 Å². The number of ether oxygens (including phenoxy) is 1. The van der Waals surface area contributed by atoms with Crippen molar-refractivity contribution in [3.8, 4) is 5.75 Å². The summed E-state index contributed by atoms with van der Waals surface area (Å²) in [4.78, 5) is 0. The second-order valence-electron chi connectivity index (χ2n) is 5.85. The SMILES string of the molecule is Cc1ccc(COc2ccccc2CNC(C)C)cc1C. The van der Waals surface area contributed by atoms with Gasteiger partial charge in [0.15, 0.2) is 0 Å². The van der Waals surface area contributed by atoms with E-state index in [0.717, 1.165) is 12.3 Å². The van der Waals surface area contributed by atoms with Crippen LogP contribution in [0.25, 0.3) is 0 Å². The first-order chi connectivity index (χ1) is 10.1. The van der Waals surface area contributed by atoms with Crippen LogP contribution in [-0.2, 0) is 13.2 Å². The highest BCUT2D eigenvalue weighted by atomic mass is 16.5. The molecule has 0 unspecified atom stereocenters. The number of hydrogen-bond acceptors (Lipinski definition) is 2. The Morgan fingerprint density at radius 2 is 1.76 bits per heavy atom. The van der Waals surface area contributed by atoms with Crippen LogP contribution in [0.3, 0.4) is 0 Å². The molecule has 112 valence electrons. The first kappa shape index (κ1) is 15.6. The number of aryl methyl sites for hydroxylation is 2. The summed E-state index contributed by atoms with van der Waals surface area (Å²) < 4.78 is 6.01. The minimum absolute atomic E-state index is 0.470. The molecule has 2 rings (SSSR count). The molecule has 0 aliphatic heterocycles. The molecule has 2 aromatic carbocycles. The fourth-order valence-corrected chi connectivity index (χ4v) is 2.16. The van der Waals surface area contributed by atoms with E-state index in [1.807, 2.05) is 12.1 Å². The summed E-state index contributed by atoms with van der Waals surface area (Å²) >= 11 is 0. The highest BCUT2D eigenvalue weighted by Crippen LogP contribution is 2.20. The van der Waals surface area contributed by atoms with Crippen LogP contribution in [0.2, 0.25) is 0 Å². The topological polar surface area (TPSA) is 21.3 Å².